The molecule has 0 radical (unpaired) electrons. The molecule has 0 amide bonds. The van der Waals surface area contributed by atoms with Gasteiger partial charge in [0.1, 0.15) is 5.03 Å². The van der Waals surface area contributed by atoms with Crippen molar-refractivity contribution in [1.82, 2.24) is 9.97 Å². The lowest BCUT2D eigenvalue weighted by molar-refractivity contribution is 0.470. The average molecular weight is 323 g/mol. The second kappa shape index (κ2) is 8.24. The lowest BCUT2D eigenvalue weighted by atomic mass is 10.1. The van der Waals surface area contributed by atoms with Gasteiger partial charge in [0.2, 0.25) is 5.95 Å². The lowest BCUT2D eigenvalue weighted by Crippen LogP contribution is -2.01. The number of rotatable bonds is 7. The van der Waals surface area contributed by atoms with Gasteiger partial charge < -0.3 is 5.73 Å². The Bertz CT molecular complexity index is 579. The Morgan fingerprint density at radius 1 is 1.14 bits per heavy atom. The van der Waals surface area contributed by atoms with Crippen LogP contribution in [0, 0.1) is 0 Å². The Hall–Kier alpha value is -1.27. The predicted octanol–water partition coefficient (Wildman–Crippen LogP) is 4.29. The molecule has 0 aliphatic heterocycles. The maximum absolute atomic E-state index is 12.2. The van der Waals surface area contributed by atoms with Gasteiger partial charge in [-0.3, -0.25) is 4.39 Å². The number of alkyl halides is 1. The third kappa shape index (κ3) is 4.35. The SMILES string of the molecule is CSc1nc(N)nc(-c2ccccc2)c1SCCCCF. The van der Waals surface area contributed by atoms with Crippen LogP contribution >= 0.6 is 23.5 Å². The molecule has 2 aromatic rings. The van der Waals surface area contributed by atoms with E-state index in [-0.39, 0.29) is 12.6 Å². The first-order valence-corrected chi connectivity index (χ1v) is 8.93. The highest BCUT2D eigenvalue weighted by Gasteiger charge is 2.15. The third-order valence-electron chi connectivity index (χ3n) is 2.87. The first kappa shape index (κ1) is 16.1. The van der Waals surface area contributed by atoms with Crippen molar-refractivity contribution in [3.05, 3.63) is 30.3 Å². The van der Waals surface area contributed by atoms with Gasteiger partial charge in [0, 0.05) is 5.56 Å². The Morgan fingerprint density at radius 3 is 2.57 bits per heavy atom. The highest BCUT2D eigenvalue weighted by molar-refractivity contribution is 8.02. The monoisotopic (exact) mass is 323 g/mol. The largest absolute Gasteiger partial charge is 0.368 e. The molecule has 2 N–H and O–H groups in total. The molecular formula is C15H18FN3S2. The molecule has 0 saturated carbocycles. The summed E-state index contributed by atoms with van der Waals surface area (Å²) >= 11 is 3.23. The molecule has 1 aromatic heterocycles. The Kier molecular flexibility index (Phi) is 6.32. The van der Waals surface area contributed by atoms with Crippen LogP contribution in [0.1, 0.15) is 12.8 Å². The molecule has 0 saturated heterocycles. The van der Waals surface area contributed by atoms with Crippen molar-refractivity contribution in [3.63, 3.8) is 0 Å². The molecule has 0 bridgehead atoms. The number of nitrogens with zero attached hydrogens (tertiary/aromatic N) is 2. The van der Waals surface area contributed by atoms with E-state index < -0.39 is 0 Å². The van der Waals surface area contributed by atoms with E-state index >= 15 is 0 Å². The number of hydrogen-bond acceptors (Lipinski definition) is 5. The fourth-order valence-corrected chi connectivity index (χ4v) is 3.79. The van der Waals surface area contributed by atoms with Crippen LogP contribution in [0.2, 0.25) is 0 Å². The van der Waals surface area contributed by atoms with E-state index in [1.165, 1.54) is 0 Å². The first-order chi connectivity index (χ1) is 10.3. The van der Waals surface area contributed by atoms with Crippen LogP contribution in [0.4, 0.5) is 10.3 Å². The summed E-state index contributed by atoms with van der Waals surface area (Å²) in [4.78, 5) is 9.75. The standard InChI is InChI=1S/C15H18FN3S2/c1-20-14-13(21-10-6-5-9-16)12(18-15(17)19-14)11-7-3-2-4-8-11/h2-4,7-8H,5-6,9-10H2,1H3,(H2,17,18,19). The van der Waals surface area contributed by atoms with Crippen molar-refractivity contribution in [2.75, 3.05) is 24.4 Å². The second-order valence-electron chi connectivity index (χ2n) is 4.38. The van der Waals surface area contributed by atoms with Crippen LogP contribution in [0.5, 0.6) is 0 Å². The number of aromatic nitrogens is 2. The van der Waals surface area contributed by atoms with Crippen LogP contribution in [-0.2, 0) is 0 Å². The number of nitrogens with two attached hydrogens (primary N) is 1. The van der Waals surface area contributed by atoms with Crippen LogP contribution in [0.25, 0.3) is 11.3 Å². The average Bonchev–Trinajstić information content (AvgIpc) is 2.52. The molecule has 1 heterocycles. The van der Waals surface area contributed by atoms with Gasteiger partial charge in [0.25, 0.3) is 0 Å². The zero-order valence-corrected chi connectivity index (χ0v) is 13.5. The first-order valence-electron chi connectivity index (χ1n) is 6.72. The maximum Gasteiger partial charge on any atom is 0.221 e. The summed E-state index contributed by atoms with van der Waals surface area (Å²) in [6.07, 6.45) is 3.41. The van der Waals surface area contributed by atoms with Crippen LogP contribution < -0.4 is 5.73 Å². The molecule has 0 aliphatic carbocycles. The zero-order chi connectivity index (χ0) is 15.1. The van der Waals surface area contributed by atoms with E-state index in [9.17, 15) is 4.39 Å². The molecule has 21 heavy (non-hydrogen) atoms. The van der Waals surface area contributed by atoms with Gasteiger partial charge in [0.15, 0.2) is 0 Å². The second-order valence-corrected chi connectivity index (χ2v) is 6.28. The molecule has 0 fully saturated rings. The van der Waals surface area contributed by atoms with Crippen LogP contribution in [0.3, 0.4) is 0 Å². The lowest BCUT2D eigenvalue weighted by Gasteiger charge is -2.12. The van der Waals surface area contributed by atoms with E-state index in [1.807, 2.05) is 36.6 Å². The molecule has 0 aliphatic rings. The van der Waals surface area contributed by atoms with Crippen molar-refractivity contribution in [3.8, 4) is 11.3 Å². The summed E-state index contributed by atoms with van der Waals surface area (Å²) in [6, 6.07) is 9.94. The van der Waals surface area contributed by atoms with Gasteiger partial charge >= 0.3 is 0 Å². The fraction of sp³-hybridized carbons (Fsp3) is 0.333. The number of thioether (sulfide) groups is 2. The van der Waals surface area contributed by atoms with E-state index in [0.717, 1.165) is 33.4 Å². The highest BCUT2D eigenvalue weighted by atomic mass is 32.2. The summed E-state index contributed by atoms with van der Waals surface area (Å²) in [5.41, 5.74) is 7.71. The van der Waals surface area contributed by atoms with Gasteiger partial charge in [-0.15, -0.1) is 23.5 Å². The number of halogens is 1. The summed E-state index contributed by atoms with van der Waals surface area (Å²) in [7, 11) is 0. The minimum atomic E-state index is -0.264. The molecular weight excluding hydrogens is 305 g/mol. The van der Waals surface area contributed by atoms with Gasteiger partial charge in [0.05, 0.1) is 17.3 Å². The minimum absolute atomic E-state index is 0.264. The molecule has 3 nitrogen and oxygen atoms in total. The van der Waals surface area contributed by atoms with Crippen molar-refractivity contribution in [2.45, 2.75) is 22.8 Å². The van der Waals surface area contributed by atoms with E-state index in [2.05, 4.69) is 9.97 Å². The van der Waals surface area contributed by atoms with Gasteiger partial charge in [-0.05, 0) is 24.9 Å². The summed E-state index contributed by atoms with van der Waals surface area (Å²) in [5.74, 6) is 1.14. The van der Waals surface area contributed by atoms with E-state index in [0.29, 0.717) is 6.42 Å². The molecule has 0 spiro atoms. The smallest absolute Gasteiger partial charge is 0.221 e. The molecule has 1 aromatic carbocycles. The highest BCUT2D eigenvalue weighted by Crippen LogP contribution is 2.36. The molecule has 112 valence electrons. The van der Waals surface area contributed by atoms with E-state index in [4.69, 9.17) is 5.73 Å². The number of unbranched alkanes of at least 4 members (excludes halogenated alkanes) is 1. The van der Waals surface area contributed by atoms with Crippen molar-refractivity contribution in [2.24, 2.45) is 0 Å². The van der Waals surface area contributed by atoms with Gasteiger partial charge in [-0.1, -0.05) is 30.3 Å². The zero-order valence-electron chi connectivity index (χ0n) is 11.9. The summed E-state index contributed by atoms with van der Waals surface area (Å²) < 4.78 is 12.2. The Labute approximate surface area is 133 Å². The molecule has 0 atom stereocenters. The molecule has 6 heteroatoms. The molecule has 2 rings (SSSR count). The number of hydrogen-bond donors (Lipinski definition) is 1. The minimum Gasteiger partial charge on any atom is -0.368 e. The Morgan fingerprint density at radius 2 is 1.90 bits per heavy atom. The van der Waals surface area contributed by atoms with Crippen molar-refractivity contribution >= 4 is 29.5 Å². The normalized spacial score (nSPS) is 10.8. The van der Waals surface area contributed by atoms with Crippen molar-refractivity contribution < 1.29 is 4.39 Å². The Balaban J connectivity index is 2.35. The van der Waals surface area contributed by atoms with Crippen molar-refractivity contribution in [1.29, 1.82) is 0 Å². The van der Waals surface area contributed by atoms with Gasteiger partial charge in [-0.25, -0.2) is 9.97 Å². The van der Waals surface area contributed by atoms with Gasteiger partial charge in [-0.2, -0.15) is 0 Å². The summed E-state index contributed by atoms with van der Waals surface area (Å²) in [5, 5.41) is 0.881. The summed E-state index contributed by atoms with van der Waals surface area (Å²) in [6.45, 7) is -0.264. The maximum atomic E-state index is 12.2. The van der Waals surface area contributed by atoms with Crippen LogP contribution in [-0.4, -0.2) is 28.7 Å². The molecule has 0 unspecified atom stereocenters. The number of anilines is 1. The number of benzene rings is 1. The van der Waals surface area contributed by atoms with E-state index in [1.54, 1.807) is 23.5 Å². The number of nitrogen functional groups attached to an aromatic ring is 1. The fourth-order valence-electron chi connectivity index (χ4n) is 1.88. The topological polar surface area (TPSA) is 51.8 Å². The predicted molar refractivity (Wildman–Crippen MR) is 89.6 cm³/mol. The third-order valence-corrected chi connectivity index (χ3v) is 4.85. The van der Waals surface area contributed by atoms with Crippen LogP contribution in [0.15, 0.2) is 40.3 Å². The quantitative estimate of drug-likeness (QED) is 0.468.